The Morgan fingerprint density at radius 3 is 2.65 bits per heavy atom. The Kier molecular flexibility index (Phi) is 7.06. The van der Waals surface area contributed by atoms with Crippen molar-refractivity contribution in [1.29, 1.82) is 0 Å². The third-order valence-electron chi connectivity index (χ3n) is 3.93. The first kappa shape index (κ1) is 20.3. The van der Waals surface area contributed by atoms with Crippen LogP contribution in [0.15, 0.2) is 51.7 Å². The Morgan fingerprint density at radius 1 is 1.23 bits per heavy atom. The topological polar surface area (TPSA) is 71.7 Å². The summed E-state index contributed by atoms with van der Waals surface area (Å²) in [6.45, 7) is 1.42. The van der Waals surface area contributed by atoms with E-state index in [1.54, 1.807) is 13.2 Å². The molecular weight excluding hydrogens is 377 g/mol. The fourth-order valence-corrected chi connectivity index (χ4v) is 2.95. The van der Waals surface area contributed by atoms with Gasteiger partial charge in [0.2, 0.25) is 0 Å². The molecule has 7 heteroatoms. The van der Waals surface area contributed by atoms with Crippen molar-refractivity contribution in [3.8, 4) is 16.9 Å². The van der Waals surface area contributed by atoms with Gasteiger partial charge in [-0.25, -0.2) is 4.79 Å². The van der Waals surface area contributed by atoms with Crippen molar-refractivity contribution in [3.63, 3.8) is 0 Å². The fraction of sp³-hybridized carbons (Fsp3) is 0.211. The summed E-state index contributed by atoms with van der Waals surface area (Å²) in [6.07, 6.45) is 0. The monoisotopic (exact) mass is 395 g/mol. The Labute approximate surface area is 162 Å². The number of phenols is 1. The highest BCUT2D eigenvalue weighted by molar-refractivity contribution is 6.33. The van der Waals surface area contributed by atoms with Crippen molar-refractivity contribution >= 4 is 35.0 Å². The van der Waals surface area contributed by atoms with Crippen LogP contribution in [0.5, 0.6) is 5.75 Å². The van der Waals surface area contributed by atoms with Crippen LogP contribution in [0.1, 0.15) is 5.56 Å². The van der Waals surface area contributed by atoms with Gasteiger partial charge in [0.05, 0.1) is 17.2 Å². The lowest BCUT2D eigenvalue weighted by Crippen LogP contribution is -2.19. The van der Waals surface area contributed by atoms with Crippen molar-refractivity contribution in [3.05, 3.63) is 63.5 Å². The maximum absolute atomic E-state index is 12.1. The number of ether oxygens (including phenoxy) is 1. The van der Waals surface area contributed by atoms with E-state index in [2.05, 4.69) is 5.32 Å². The summed E-state index contributed by atoms with van der Waals surface area (Å²) in [4.78, 5) is 12.1. The number of fused-ring (bicyclic) bond motifs is 1. The Hall–Kier alpha value is -2.05. The van der Waals surface area contributed by atoms with E-state index in [-0.39, 0.29) is 23.2 Å². The van der Waals surface area contributed by atoms with E-state index in [1.165, 1.54) is 6.07 Å². The SMILES string of the molecule is COCCNCc1c(O)c(Cl)cc2c(-c3ccccc3)cc(=O)oc12.Cl. The lowest BCUT2D eigenvalue weighted by atomic mass is 9.99. The summed E-state index contributed by atoms with van der Waals surface area (Å²) >= 11 is 6.21. The lowest BCUT2D eigenvalue weighted by Gasteiger charge is -2.13. The van der Waals surface area contributed by atoms with E-state index in [1.807, 2.05) is 30.3 Å². The Bertz CT molecular complexity index is 942. The molecule has 0 unspecified atom stereocenters. The van der Waals surface area contributed by atoms with Gasteiger partial charge in [0, 0.05) is 31.7 Å². The summed E-state index contributed by atoms with van der Waals surface area (Å²) < 4.78 is 10.4. The van der Waals surface area contributed by atoms with Crippen molar-refractivity contribution < 1.29 is 14.3 Å². The molecule has 0 saturated carbocycles. The van der Waals surface area contributed by atoms with E-state index in [4.69, 9.17) is 20.8 Å². The standard InChI is InChI=1S/C19H18ClNO4.ClH/c1-24-8-7-21-11-15-18(23)16(20)9-14-13(10-17(22)25-19(14)15)12-5-3-2-4-6-12;/h2-6,9-10,21,23H,7-8,11H2,1H3;1H. The summed E-state index contributed by atoms with van der Waals surface area (Å²) in [5.41, 5.74) is 1.89. The number of benzene rings is 2. The van der Waals surface area contributed by atoms with Gasteiger partial charge in [-0.05, 0) is 17.2 Å². The van der Waals surface area contributed by atoms with Crippen LogP contribution in [0.25, 0.3) is 22.1 Å². The molecule has 1 aromatic heterocycles. The minimum Gasteiger partial charge on any atom is -0.506 e. The van der Waals surface area contributed by atoms with E-state index in [0.717, 1.165) is 5.56 Å². The molecule has 0 aliphatic rings. The molecule has 3 aromatic rings. The molecule has 0 spiro atoms. The second-order valence-corrected chi connectivity index (χ2v) is 5.98. The molecule has 5 nitrogen and oxygen atoms in total. The van der Waals surface area contributed by atoms with Crippen LogP contribution in [0.3, 0.4) is 0 Å². The lowest BCUT2D eigenvalue weighted by molar-refractivity contribution is 0.199. The maximum Gasteiger partial charge on any atom is 0.336 e. The second-order valence-electron chi connectivity index (χ2n) is 5.58. The van der Waals surface area contributed by atoms with Crippen LogP contribution in [0, 0.1) is 0 Å². The molecule has 0 bridgehead atoms. The summed E-state index contributed by atoms with van der Waals surface area (Å²) in [5, 5.41) is 14.4. The number of hydrogen-bond donors (Lipinski definition) is 2. The zero-order valence-electron chi connectivity index (χ0n) is 14.1. The highest BCUT2D eigenvalue weighted by atomic mass is 35.5. The summed E-state index contributed by atoms with van der Waals surface area (Å²) in [6, 6.07) is 12.6. The van der Waals surface area contributed by atoms with Crippen molar-refractivity contribution in [2.45, 2.75) is 6.54 Å². The van der Waals surface area contributed by atoms with Gasteiger partial charge >= 0.3 is 5.63 Å². The van der Waals surface area contributed by atoms with Gasteiger partial charge in [-0.15, -0.1) is 12.4 Å². The maximum atomic E-state index is 12.1. The zero-order chi connectivity index (χ0) is 17.8. The third kappa shape index (κ3) is 4.19. The zero-order valence-corrected chi connectivity index (χ0v) is 15.7. The smallest absolute Gasteiger partial charge is 0.336 e. The van der Waals surface area contributed by atoms with E-state index >= 15 is 0 Å². The van der Waals surface area contributed by atoms with Crippen LogP contribution in [-0.4, -0.2) is 25.4 Å². The molecule has 26 heavy (non-hydrogen) atoms. The van der Waals surface area contributed by atoms with Gasteiger partial charge < -0.3 is 19.6 Å². The predicted octanol–water partition coefficient (Wildman–Crippen LogP) is 3.98. The molecule has 0 radical (unpaired) electrons. The summed E-state index contributed by atoms with van der Waals surface area (Å²) in [5.74, 6) is -0.0903. The largest absolute Gasteiger partial charge is 0.506 e. The normalized spacial score (nSPS) is 10.7. The molecule has 138 valence electrons. The number of rotatable bonds is 6. The molecule has 1 heterocycles. The van der Waals surface area contributed by atoms with Crippen LogP contribution in [0.4, 0.5) is 0 Å². The molecule has 0 amide bonds. The minimum absolute atomic E-state index is 0. The number of nitrogens with one attached hydrogen (secondary N) is 1. The second kappa shape index (κ2) is 9.05. The third-order valence-corrected chi connectivity index (χ3v) is 4.21. The molecular formula is C19H19Cl2NO4. The van der Waals surface area contributed by atoms with E-state index in [0.29, 0.717) is 41.8 Å². The molecule has 0 atom stereocenters. The molecule has 0 fully saturated rings. The van der Waals surface area contributed by atoms with Gasteiger partial charge in [0.1, 0.15) is 11.3 Å². The van der Waals surface area contributed by atoms with E-state index < -0.39 is 5.63 Å². The van der Waals surface area contributed by atoms with E-state index in [9.17, 15) is 9.90 Å². The van der Waals surface area contributed by atoms with Gasteiger partial charge in [-0.2, -0.15) is 0 Å². The first-order chi connectivity index (χ1) is 12.1. The number of phenolic OH excluding ortho intramolecular Hbond substituents is 1. The Balaban J connectivity index is 0.00000243. The van der Waals surface area contributed by atoms with Gasteiger partial charge in [-0.1, -0.05) is 41.9 Å². The average Bonchev–Trinajstić information content (AvgIpc) is 2.62. The van der Waals surface area contributed by atoms with Crippen LogP contribution in [-0.2, 0) is 11.3 Å². The van der Waals surface area contributed by atoms with Crippen LogP contribution >= 0.6 is 24.0 Å². The number of aromatic hydroxyl groups is 1. The molecule has 2 N–H and O–H groups in total. The van der Waals surface area contributed by atoms with Crippen molar-refractivity contribution in [2.75, 3.05) is 20.3 Å². The van der Waals surface area contributed by atoms with Crippen LogP contribution < -0.4 is 10.9 Å². The molecule has 0 aliphatic carbocycles. The average molecular weight is 396 g/mol. The fourth-order valence-electron chi connectivity index (χ4n) is 2.73. The first-order valence-electron chi connectivity index (χ1n) is 7.85. The van der Waals surface area contributed by atoms with Crippen molar-refractivity contribution in [2.24, 2.45) is 0 Å². The van der Waals surface area contributed by atoms with Gasteiger partial charge in [0.25, 0.3) is 0 Å². The van der Waals surface area contributed by atoms with Crippen LogP contribution in [0.2, 0.25) is 5.02 Å². The van der Waals surface area contributed by atoms with Gasteiger partial charge in [0.15, 0.2) is 0 Å². The quantitative estimate of drug-likeness (QED) is 0.487. The highest BCUT2D eigenvalue weighted by Gasteiger charge is 2.17. The minimum atomic E-state index is -0.480. The molecule has 0 saturated heterocycles. The molecule has 0 aliphatic heterocycles. The predicted molar refractivity (Wildman–Crippen MR) is 105 cm³/mol. The molecule has 2 aromatic carbocycles. The Morgan fingerprint density at radius 2 is 1.96 bits per heavy atom. The number of methoxy groups -OCH3 is 1. The van der Waals surface area contributed by atoms with Gasteiger partial charge in [-0.3, -0.25) is 0 Å². The number of hydrogen-bond acceptors (Lipinski definition) is 5. The molecule has 3 rings (SSSR count). The van der Waals surface area contributed by atoms with Crippen molar-refractivity contribution in [1.82, 2.24) is 5.32 Å². The number of halogens is 2. The highest BCUT2D eigenvalue weighted by Crippen LogP contribution is 2.38. The first-order valence-corrected chi connectivity index (χ1v) is 8.23. The summed E-state index contributed by atoms with van der Waals surface area (Å²) in [7, 11) is 1.61.